The number of hydrogen-bond donors (Lipinski definition) is 1. The Bertz CT molecular complexity index is 1350. The van der Waals surface area contributed by atoms with E-state index in [1.807, 2.05) is 0 Å². The van der Waals surface area contributed by atoms with Crippen LogP contribution in [-0.2, 0) is 12.7 Å². The van der Waals surface area contributed by atoms with Crippen LogP contribution < -0.4 is 5.32 Å². The van der Waals surface area contributed by atoms with Crippen LogP contribution in [0.2, 0.25) is 0 Å². The number of pyridine rings is 2. The average Bonchev–Trinajstić information content (AvgIpc) is 3.24. The van der Waals surface area contributed by atoms with Gasteiger partial charge in [0.1, 0.15) is 17.1 Å². The van der Waals surface area contributed by atoms with Crippen LogP contribution in [0.5, 0.6) is 0 Å². The van der Waals surface area contributed by atoms with E-state index < -0.39 is 17.8 Å². The number of fused-ring (bicyclic) bond motifs is 1. The van der Waals surface area contributed by atoms with Crippen LogP contribution >= 0.6 is 15.9 Å². The van der Waals surface area contributed by atoms with Gasteiger partial charge in [-0.2, -0.15) is 18.3 Å². The molecule has 0 aliphatic heterocycles. The maximum absolute atomic E-state index is 13.3. The van der Waals surface area contributed by atoms with E-state index in [9.17, 15) is 18.0 Å². The molecular weight excluding hydrogens is 493 g/mol. The summed E-state index contributed by atoms with van der Waals surface area (Å²) in [5.74, 6) is -0.0781. The van der Waals surface area contributed by atoms with Crippen molar-refractivity contribution in [2.45, 2.75) is 33.5 Å². The number of nitrogens with one attached hydrogen (secondary N) is 1. The van der Waals surface area contributed by atoms with Crippen molar-refractivity contribution in [3.8, 4) is 0 Å². The molecule has 1 N–H and O–H groups in total. The molecule has 0 radical (unpaired) electrons. The first-order valence-electron chi connectivity index (χ1n) is 9.34. The number of aromatic nitrogens is 5. The molecule has 4 aromatic rings. The number of amides is 1. The molecule has 12 heteroatoms. The summed E-state index contributed by atoms with van der Waals surface area (Å²) >= 11 is 3.23. The zero-order valence-electron chi connectivity index (χ0n) is 17.1. The first-order chi connectivity index (χ1) is 15.0. The monoisotopic (exact) mass is 508 g/mol. The Morgan fingerprint density at radius 2 is 1.97 bits per heavy atom. The molecule has 0 atom stereocenters. The van der Waals surface area contributed by atoms with Gasteiger partial charge in [0, 0.05) is 22.1 Å². The third-order valence-electron chi connectivity index (χ3n) is 4.77. The van der Waals surface area contributed by atoms with Gasteiger partial charge in [-0.15, -0.1) is 0 Å². The molecule has 0 aliphatic rings. The molecule has 4 heterocycles. The number of anilines is 1. The third kappa shape index (κ3) is 4.22. The van der Waals surface area contributed by atoms with Crippen molar-refractivity contribution in [3.63, 3.8) is 0 Å². The summed E-state index contributed by atoms with van der Waals surface area (Å²) in [4.78, 5) is 20.6. The van der Waals surface area contributed by atoms with Crippen molar-refractivity contribution in [2.75, 3.05) is 5.32 Å². The van der Waals surface area contributed by atoms with E-state index in [4.69, 9.17) is 4.52 Å². The van der Waals surface area contributed by atoms with E-state index in [0.29, 0.717) is 39.5 Å². The summed E-state index contributed by atoms with van der Waals surface area (Å²) in [5, 5.41) is 11.2. The van der Waals surface area contributed by atoms with E-state index in [1.165, 1.54) is 12.3 Å². The molecule has 0 saturated heterocycles. The maximum atomic E-state index is 13.3. The Kier molecular flexibility index (Phi) is 5.49. The molecule has 0 spiro atoms. The van der Waals surface area contributed by atoms with Gasteiger partial charge in [0.05, 0.1) is 29.2 Å². The normalized spacial score (nSPS) is 11.8. The molecule has 0 unspecified atom stereocenters. The van der Waals surface area contributed by atoms with E-state index in [0.717, 1.165) is 6.07 Å². The SMILES string of the molecule is Cc1cc(Cn2nc(C)c(NC(=O)c3cc(C(F)(F)F)nc4ncc(Br)cc34)c2C)no1. The quantitative estimate of drug-likeness (QED) is 0.424. The lowest BCUT2D eigenvalue weighted by Gasteiger charge is -2.12. The van der Waals surface area contributed by atoms with Crippen molar-refractivity contribution in [1.29, 1.82) is 0 Å². The van der Waals surface area contributed by atoms with Crippen molar-refractivity contribution >= 4 is 38.6 Å². The molecular formula is C20H16BrF3N6O2. The molecule has 0 aromatic carbocycles. The zero-order valence-corrected chi connectivity index (χ0v) is 18.7. The van der Waals surface area contributed by atoms with E-state index in [-0.39, 0.29) is 16.6 Å². The van der Waals surface area contributed by atoms with Gasteiger partial charge in [0.25, 0.3) is 5.91 Å². The van der Waals surface area contributed by atoms with Crippen LogP contribution in [0.3, 0.4) is 0 Å². The largest absolute Gasteiger partial charge is 0.433 e. The van der Waals surface area contributed by atoms with Gasteiger partial charge in [-0.05, 0) is 48.8 Å². The fourth-order valence-corrected chi connectivity index (χ4v) is 3.60. The fraction of sp³-hybridized carbons (Fsp3) is 0.250. The lowest BCUT2D eigenvalue weighted by molar-refractivity contribution is -0.141. The van der Waals surface area contributed by atoms with Gasteiger partial charge in [0.15, 0.2) is 5.65 Å². The van der Waals surface area contributed by atoms with Crippen LogP contribution in [0.4, 0.5) is 18.9 Å². The Labute approximate surface area is 188 Å². The summed E-state index contributed by atoms with van der Waals surface area (Å²) in [6.45, 7) is 5.52. The standard InChI is InChI=1S/C20H16BrF3N6O2/c1-9-4-13(29-32-9)8-30-11(3)17(10(2)28-30)27-19(31)15-6-16(20(22,23)24)26-18-14(15)5-12(21)7-25-18/h4-7H,8H2,1-3H3,(H,27,31). The van der Waals surface area contributed by atoms with Gasteiger partial charge in [0.2, 0.25) is 0 Å². The first-order valence-corrected chi connectivity index (χ1v) is 10.1. The van der Waals surface area contributed by atoms with Gasteiger partial charge in [-0.1, -0.05) is 5.16 Å². The summed E-state index contributed by atoms with van der Waals surface area (Å²) < 4.78 is 47.2. The summed E-state index contributed by atoms with van der Waals surface area (Å²) in [6.07, 6.45) is -3.41. The predicted octanol–water partition coefficient (Wildman–Crippen LogP) is 4.82. The van der Waals surface area contributed by atoms with Crippen molar-refractivity contribution in [1.82, 2.24) is 24.9 Å². The number of alkyl halides is 3. The highest BCUT2D eigenvalue weighted by Crippen LogP contribution is 2.32. The second-order valence-corrected chi connectivity index (χ2v) is 8.08. The number of rotatable bonds is 4. The second kappa shape index (κ2) is 8.01. The molecule has 4 rings (SSSR count). The maximum Gasteiger partial charge on any atom is 0.433 e. The Balaban J connectivity index is 1.72. The molecule has 32 heavy (non-hydrogen) atoms. The topological polar surface area (TPSA) is 98.7 Å². The zero-order chi connectivity index (χ0) is 23.2. The lowest BCUT2D eigenvalue weighted by atomic mass is 10.1. The predicted molar refractivity (Wildman–Crippen MR) is 112 cm³/mol. The highest BCUT2D eigenvalue weighted by atomic mass is 79.9. The van der Waals surface area contributed by atoms with Gasteiger partial charge >= 0.3 is 6.18 Å². The van der Waals surface area contributed by atoms with Crippen LogP contribution in [-0.4, -0.2) is 30.8 Å². The molecule has 166 valence electrons. The summed E-state index contributed by atoms with van der Waals surface area (Å²) in [7, 11) is 0. The van der Waals surface area contributed by atoms with Gasteiger partial charge in [-0.25, -0.2) is 9.97 Å². The Morgan fingerprint density at radius 1 is 1.22 bits per heavy atom. The number of carbonyl (C=O) groups is 1. The molecule has 0 fully saturated rings. The third-order valence-corrected chi connectivity index (χ3v) is 5.21. The minimum atomic E-state index is -4.73. The minimum absolute atomic E-state index is 0.182. The van der Waals surface area contributed by atoms with Crippen LogP contribution in [0.15, 0.2) is 33.4 Å². The Morgan fingerprint density at radius 3 is 2.62 bits per heavy atom. The van der Waals surface area contributed by atoms with Crippen LogP contribution in [0.25, 0.3) is 11.0 Å². The smallest absolute Gasteiger partial charge is 0.361 e. The number of carbonyl (C=O) groups excluding carboxylic acids is 1. The van der Waals surface area contributed by atoms with E-state index in [1.54, 1.807) is 31.5 Å². The number of aryl methyl sites for hydroxylation is 2. The number of halogens is 4. The molecule has 8 nitrogen and oxygen atoms in total. The van der Waals surface area contributed by atoms with Gasteiger partial charge < -0.3 is 9.84 Å². The van der Waals surface area contributed by atoms with Crippen molar-refractivity contribution in [3.05, 3.63) is 63.0 Å². The Hall–Kier alpha value is -3.28. The second-order valence-electron chi connectivity index (χ2n) is 7.16. The van der Waals surface area contributed by atoms with E-state index in [2.05, 4.69) is 41.5 Å². The van der Waals surface area contributed by atoms with E-state index >= 15 is 0 Å². The number of nitrogens with zero attached hydrogens (tertiary/aromatic N) is 5. The summed E-state index contributed by atoms with van der Waals surface area (Å²) in [5.41, 5.74) is 0.590. The number of hydrogen-bond acceptors (Lipinski definition) is 6. The van der Waals surface area contributed by atoms with Gasteiger partial charge in [-0.3, -0.25) is 9.48 Å². The molecule has 1 amide bonds. The van der Waals surface area contributed by atoms with Crippen molar-refractivity contribution < 1.29 is 22.5 Å². The molecule has 0 bridgehead atoms. The molecule has 0 aliphatic carbocycles. The first kappa shape index (κ1) is 21.9. The highest BCUT2D eigenvalue weighted by Gasteiger charge is 2.34. The molecule has 0 saturated carbocycles. The summed E-state index contributed by atoms with van der Waals surface area (Å²) in [6, 6.07) is 3.99. The van der Waals surface area contributed by atoms with Crippen LogP contribution in [0.1, 0.15) is 38.9 Å². The highest BCUT2D eigenvalue weighted by molar-refractivity contribution is 9.10. The fourth-order valence-electron chi connectivity index (χ4n) is 3.27. The molecule has 4 aromatic heterocycles. The van der Waals surface area contributed by atoms with Crippen LogP contribution in [0, 0.1) is 20.8 Å². The lowest BCUT2D eigenvalue weighted by Crippen LogP contribution is -2.17. The van der Waals surface area contributed by atoms with Crippen molar-refractivity contribution in [2.24, 2.45) is 0 Å². The minimum Gasteiger partial charge on any atom is -0.361 e. The average molecular weight is 509 g/mol.